The van der Waals surface area contributed by atoms with E-state index >= 15 is 0 Å². The zero-order valence-corrected chi connectivity index (χ0v) is 14.2. The van der Waals surface area contributed by atoms with Crippen LogP contribution in [0.2, 0.25) is 0 Å². The minimum Gasteiger partial charge on any atom is -0.377 e. The third-order valence-corrected chi connectivity index (χ3v) is 7.21. The molecular weight excluding hydrogens is 284 g/mol. The van der Waals surface area contributed by atoms with Gasteiger partial charge in [0.1, 0.15) is 5.54 Å². The summed E-state index contributed by atoms with van der Waals surface area (Å²) in [4.78, 5) is 12.9. The van der Waals surface area contributed by atoms with Crippen LogP contribution in [0, 0.1) is 11.3 Å². The Morgan fingerprint density at radius 2 is 2.10 bits per heavy atom. The third kappa shape index (κ3) is 2.23. The maximum atomic E-state index is 12.9. The molecule has 5 unspecified atom stereocenters. The van der Waals surface area contributed by atoms with Crippen LogP contribution in [0.3, 0.4) is 0 Å². The molecule has 5 atom stereocenters. The molecule has 3 N–H and O–H groups in total. The van der Waals surface area contributed by atoms with Crippen LogP contribution < -0.4 is 11.1 Å². The zero-order valence-electron chi connectivity index (χ0n) is 13.4. The normalized spacial score (nSPS) is 44.8. The van der Waals surface area contributed by atoms with Gasteiger partial charge in [0.15, 0.2) is 0 Å². The molecule has 1 amide bonds. The Balaban J connectivity index is 1.68. The standard InChI is InChI=1S/C16H28N2O2S/c1-15(2)13-12(5-4-8-20-13)16(15,17)14(19)18-10-6-7-11(9-10)21-3/h10-13H,4-9,17H2,1-3H3,(H,18,19). The summed E-state index contributed by atoms with van der Waals surface area (Å²) in [5, 5.41) is 3.93. The van der Waals surface area contributed by atoms with E-state index in [4.69, 9.17) is 10.5 Å². The fraction of sp³-hybridized carbons (Fsp3) is 0.938. The lowest BCUT2D eigenvalue weighted by Gasteiger charge is -2.65. The van der Waals surface area contributed by atoms with Crippen molar-refractivity contribution in [3.63, 3.8) is 0 Å². The summed E-state index contributed by atoms with van der Waals surface area (Å²) in [6.07, 6.45) is 7.68. The van der Waals surface area contributed by atoms with Crippen LogP contribution in [0.5, 0.6) is 0 Å². The van der Waals surface area contributed by atoms with Gasteiger partial charge in [0, 0.05) is 29.2 Å². The molecule has 3 aliphatic rings. The van der Waals surface area contributed by atoms with E-state index in [-0.39, 0.29) is 23.3 Å². The lowest BCUT2D eigenvalue weighted by atomic mass is 9.46. The Morgan fingerprint density at radius 3 is 2.76 bits per heavy atom. The Kier molecular flexibility index (Phi) is 4.04. The number of ether oxygens (including phenoxy) is 1. The Labute approximate surface area is 131 Å². The van der Waals surface area contributed by atoms with Gasteiger partial charge in [-0.2, -0.15) is 11.8 Å². The van der Waals surface area contributed by atoms with Crippen molar-refractivity contribution in [2.45, 2.75) is 68.9 Å². The molecule has 5 heteroatoms. The second kappa shape index (κ2) is 5.43. The molecule has 4 nitrogen and oxygen atoms in total. The van der Waals surface area contributed by atoms with Gasteiger partial charge in [0.2, 0.25) is 5.91 Å². The monoisotopic (exact) mass is 312 g/mol. The van der Waals surface area contributed by atoms with Gasteiger partial charge >= 0.3 is 0 Å². The number of carbonyl (C=O) groups is 1. The summed E-state index contributed by atoms with van der Waals surface area (Å²) in [7, 11) is 0. The molecular formula is C16H28N2O2S. The number of nitrogens with one attached hydrogen (secondary N) is 1. The number of hydrogen-bond acceptors (Lipinski definition) is 4. The van der Waals surface area contributed by atoms with Crippen molar-refractivity contribution in [3.8, 4) is 0 Å². The van der Waals surface area contributed by atoms with Crippen LogP contribution in [-0.4, -0.2) is 41.7 Å². The van der Waals surface area contributed by atoms with Gasteiger partial charge in [-0.15, -0.1) is 0 Å². The molecule has 0 radical (unpaired) electrons. The molecule has 1 saturated heterocycles. The molecule has 1 heterocycles. The number of carbonyl (C=O) groups excluding carboxylic acids is 1. The van der Waals surface area contributed by atoms with Crippen molar-refractivity contribution in [1.82, 2.24) is 5.32 Å². The van der Waals surface area contributed by atoms with Crippen molar-refractivity contribution in [2.24, 2.45) is 17.1 Å². The molecule has 0 spiro atoms. The quantitative estimate of drug-likeness (QED) is 0.836. The number of thioether (sulfide) groups is 1. The summed E-state index contributed by atoms with van der Waals surface area (Å²) >= 11 is 1.91. The molecule has 21 heavy (non-hydrogen) atoms. The van der Waals surface area contributed by atoms with E-state index in [2.05, 4.69) is 25.4 Å². The van der Waals surface area contributed by atoms with Gasteiger partial charge in [0.25, 0.3) is 0 Å². The first-order valence-corrected chi connectivity index (χ1v) is 9.44. The molecule has 2 saturated carbocycles. The molecule has 3 rings (SSSR count). The second-order valence-corrected chi connectivity index (χ2v) is 8.61. The van der Waals surface area contributed by atoms with Crippen LogP contribution in [-0.2, 0) is 9.53 Å². The first-order valence-electron chi connectivity index (χ1n) is 8.15. The predicted octanol–water partition coefficient (Wildman–Crippen LogP) is 1.92. The topological polar surface area (TPSA) is 64.4 Å². The summed E-state index contributed by atoms with van der Waals surface area (Å²) in [5.41, 5.74) is 5.58. The van der Waals surface area contributed by atoms with E-state index in [1.54, 1.807) is 0 Å². The maximum Gasteiger partial charge on any atom is 0.241 e. The van der Waals surface area contributed by atoms with Crippen molar-refractivity contribution in [3.05, 3.63) is 0 Å². The predicted molar refractivity (Wildman–Crippen MR) is 86.2 cm³/mol. The summed E-state index contributed by atoms with van der Waals surface area (Å²) in [6.45, 7) is 4.97. The highest BCUT2D eigenvalue weighted by atomic mass is 32.2. The summed E-state index contributed by atoms with van der Waals surface area (Å²) in [5.74, 6) is 0.227. The van der Waals surface area contributed by atoms with E-state index in [9.17, 15) is 4.79 Å². The van der Waals surface area contributed by atoms with Crippen molar-refractivity contribution >= 4 is 17.7 Å². The van der Waals surface area contributed by atoms with E-state index in [1.165, 1.54) is 6.42 Å². The van der Waals surface area contributed by atoms with E-state index in [0.717, 1.165) is 32.3 Å². The van der Waals surface area contributed by atoms with Crippen molar-refractivity contribution < 1.29 is 9.53 Å². The van der Waals surface area contributed by atoms with Crippen LogP contribution in [0.1, 0.15) is 46.0 Å². The number of amides is 1. The number of rotatable bonds is 3. The SMILES string of the molecule is CSC1CCC(NC(=O)C2(N)C3CCCOC3C2(C)C)C1. The van der Waals surface area contributed by atoms with Crippen LogP contribution in [0.4, 0.5) is 0 Å². The van der Waals surface area contributed by atoms with Crippen LogP contribution >= 0.6 is 11.8 Å². The van der Waals surface area contributed by atoms with Gasteiger partial charge < -0.3 is 15.8 Å². The highest BCUT2D eigenvalue weighted by Gasteiger charge is 2.70. The molecule has 1 aliphatic heterocycles. The Bertz CT molecular complexity index is 429. The molecule has 120 valence electrons. The molecule has 3 fully saturated rings. The molecule has 0 aromatic heterocycles. The lowest BCUT2D eigenvalue weighted by molar-refractivity contribution is -0.225. The average molecular weight is 312 g/mol. The number of fused-ring (bicyclic) bond motifs is 1. The van der Waals surface area contributed by atoms with Crippen LogP contribution in [0.15, 0.2) is 0 Å². The average Bonchev–Trinajstić information content (AvgIpc) is 2.93. The fourth-order valence-electron chi connectivity index (χ4n) is 4.63. The fourth-order valence-corrected chi connectivity index (χ4v) is 5.42. The van der Waals surface area contributed by atoms with Gasteiger partial charge in [-0.1, -0.05) is 13.8 Å². The van der Waals surface area contributed by atoms with E-state index < -0.39 is 5.54 Å². The van der Waals surface area contributed by atoms with Gasteiger partial charge in [-0.3, -0.25) is 4.79 Å². The van der Waals surface area contributed by atoms with Crippen LogP contribution in [0.25, 0.3) is 0 Å². The zero-order chi connectivity index (χ0) is 15.3. The molecule has 0 aromatic rings. The Hall–Kier alpha value is -0.260. The minimum atomic E-state index is -0.768. The smallest absolute Gasteiger partial charge is 0.241 e. The van der Waals surface area contributed by atoms with Crippen molar-refractivity contribution in [1.29, 1.82) is 0 Å². The van der Waals surface area contributed by atoms with E-state index in [0.29, 0.717) is 11.3 Å². The second-order valence-electron chi connectivity index (χ2n) is 7.47. The Morgan fingerprint density at radius 1 is 1.33 bits per heavy atom. The van der Waals surface area contributed by atoms with Crippen molar-refractivity contribution in [2.75, 3.05) is 12.9 Å². The van der Waals surface area contributed by atoms with E-state index in [1.807, 2.05) is 11.8 Å². The molecule has 2 aliphatic carbocycles. The maximum absolute atomic E-state index is 12.9. The number of nitrogens with two attached hydrogens (primary N) is 1. The lowest BCUT2D eigenvalue weighted by Crippen LogP contribution is -2.82. The summed E-state index contributed by atoms with van der Waals surface area (Å²) < 4.78 is 5.88. The highest BCUT2D eigenvalue weighted by Crippen LogP contribution is 2.57. The summed E-state index contributed by atoms with van der Waals surface area (Å²) in [6, 6.07) is 0.301. The largest absolute Gasteiger partial charge is 0.377 e. The first kappa shape index (κ1) is 15.6. The molecule has 0 bridgehead atoms. The third-order valence-electron chi connectivity index (χ3n) is 6.11. The number of hydrogen-bond donors (Lipinski definition) is 2. The van der Waals surface area contributed by atoms with Gasteiger partial charge in [-0.25, -0.2) is 0 Å². The molecule has 0 aromatic carbocycles. The highest BCUT2D eigenvalue weighted by molar-refractivity contribution is 7.99. The van der Waals surface area contributed by atoms with Gasteiger partial charge in [0.05, 0.1) is 6.10 Å². The first-order chi connectivity index (χ1) is 9.91. The van der Waals surface area contributed by atoms with Gasteiger partial charge in [-0.05, 0) is 38.4 Å². The minimum absolute atomic E-state index is 0.0472.